The lowest BCUT2D eigenvalue weighted by atomic mass is 10.1. The first-order valence-electron chi connectivity index (χ1n) is 9.08. The molecule has 0 fully saturated rings. The summed E-state index contributed by atoms with van der Waals surface area (Å²) < 4.78 is 5.98. The molecule has 2 aliphatic heterocycles. The molecule has 0 saturated carbocycles. The molecule has 3 nitrogen and oxygen atoms in total. The molecule has 0 saturated heterocycles. The second kappa shape index (κ2) is 11.0. The number of hydrogen-bond donors (Lipinski definition) is 0. The van der Waals surface area contributed by atoms with Crippen LogP contribution in [0.1, 0.15) is 37.8 Å². The molecule has 0 amide bonds. The van der Waals surface area contributed by atoms with Crippen LogP contribution in [0.5, 0.6) is 0 Å². The number of aliphatic imine (C=N–C) groups is 1. The van der Waals surface area contributed by atoms with Crippen LogP contribution < -0.4 is 0 Å². The summed E-state index contributed by atoms with van der Waals surface area (Å²) in [6, 6.07) is 0. The Morgan fingerprint density at radius 2 is 2.00 bits per heavy atom. The highest BCUT2D eigenvalue weighted by molar-refractivity contribution is 8.39. The summed E-state index contributed by atoms with van der Waals surface area (Å²) in [6.07, 6.45) is 8.83. The van der Waals surface area contributed by atoms with Gasteiger partial charge in [-0.1, -0.05) is 42.4 Å². The summed E-state index contributed by atoms with van der Waals surface area (Å²) in [5.41, 5.74) is 2.66. The van der Waals surface area contributed by atoms with Gasteiger partial charge in [0, 0.05) is 29.1 Å². The van der Waals surface area contributed by atoms with E-state index in [2.05, 4.69) is 32.8 Å². The Bertz CT molecular complexity index is 597. The van der Waals surface area contributed by atoms with Crippen molar-refractivity contribution < 1.29 is 0 Å². The predicted molar refractivity (Wildman–Crippen MR) is 119 cm³/mol. The van der Waals surface area contributed by atoms with Crippen LogP contribution in [0.25, 0.3) is 5.57 Å². The van der Waals surface area contributed by atoms with E-state index in [-0.39, 0.29) is 0 Å². The van der Waals surface area contributed by atoms with Crippen LogP contribution in [0.4, 0.5) is 0 Å². The molecule has 25 heavy (non-hydrogen) atoms. The van der Waals surface area contributed by atoms with E-state index in [4.69, 9.17) is 0 Å². The molecule has 0 N–H and O–H groups in total. The van der Waals surface area contributed by atoms with Crippen molar-refractivity contribution in [1.82, 2.24) is 9.27 Å². The normalized spacial score (nSPS) is 18.4. The van der Waals surface area contributed by atoms with Gasteiger partial charge in [-0.2, -0.15) is 4.37 Å². The lowest BCUT2D eigenvalue weighted by Crippen LogP contribution is -2.25. The number of hydrogen-bond acceptors (Lipinski definition) is 7. The molecule has 2 aliphatic rings. The minimum atomic E-state index is 1.02. The van der Waals surface area contributed by atoms with Gasteiger partial charge in [-0.3, -0.25) is 4.99 Å². The molecule has 1 aromatic rings. The van der Waals surface area contributed by atoms with Crippen LogP contribution in [-0.2, 0) is 0 Å². The molecule has 0 radical (unpaired) electrons. The SMILES string of the molecule is CN1CCC=C(c2nscc2SCCCCCCSC2=NCCS2)C1. The second-order valence-corrected chi connectivity index (χ2v) is 10.6. The van der Waals surface area contributed by atoms with Crippen molar-refractivity contribution in [3.63, 3.8) is 0 Å². The Balaban J connectivity index is 1.29. The Hall–Kier alpha value is 0.0500. The maximum Gasteiger partial charge on any atom is 0.124 e. The van der Waals surface area contributed by atoms with E-state index in [1.165, 1.54) is 70.0 Å². The van der Waals surface area contributed by atoms with Crippen molar-refractivity contribution in [2.75, 3.05) is 43.9 Å². The van der Waals surface area contributed by atoms with Crippen molar-refractivity contribution in [3.8, 4) is 0 Å². The minimum Gasteiger partial charge on any atom is -0.302 e. The molecule has 0 atom stereocenters. The first-order chi connectivity index (χ1) is 12.3. The van der Waals surface area contributed by atoms with Gasteiger partial charge in [0.05, 0.1) is 12.2 Å². The third kappa shape index (κ3) is 6.61. The summed E-state index contributed by atoms with van der Waals surface area (Å²) in [6.45, 7) is 3.23. The van der Waals surface area contributed by atoms with E-state index in [0.717, 1.165) is 19.5 Å². The molecule has 7 heteroatoms. The maximum atomic E-state index is 4.66. The average Bonchev–Trinajstić information content (AvgIpc) is 3.29. The standard InChI is InChI=1S/C18H27N3S4/c1-21-9-6-7-15(13-21)17-16(14-25-20-17)22-10-4-2-3-5-11-23-18-19-8-12-24-18/h7,14H,2-6,8-13H2,1H3. The molecule has 3 heterocycles. The molecule has 0 unspecified atom stereocenters. The van der Waals surface area contributed by atoms with Crippen LogP contribution in [0.2, 0.25) is 0 Å². The van der Waals surface area contributed by atoms with E-state index in [9.17, 15) is 0 Å². The Kier molecular flexibility index (Phi) is 8.73. The van der Waals surface area contributed by atoms with E-state index < -0.39 is 0 Å². The Morgan fingerprint density at radius 3 is 2.76 bits per heavy atom. The largest absolute Gasteiger partial charge is 0.302 e. The summed E-state index contributed by atoms with van der Waals surface area (Å²) in [5, 5.41) is 2.23. The Morgan fingerprint density at radius 1 is 1.16 bits per heavy atom. The van der Waals surface area contributed by atoms with Gasteiger partial charge in [-0.15, -0.1) is 11.8 Å². The smallest absolute Gasteiger partial charge is 0.124 e. The fourth-order valence-corrected chi connectivity index (χ4v) is 6.91. The van der Waals surface area contributed by atoms with Crippen LogP contribution >= 0.6 is 46.8 Å². The summed E-state index contributed by atoms with van der Waals surface area (Å²) in [5.74, 6) is 3.63. The van der Waals surface area contributed by atoms with E-state index in [1.54, 1.807) is 11.5 Å². The lowest BCUT2D eigenvalue weighted by molar-refractivity contribution is 0.372. The molecular formula is C18H27N3S4. The van der Waals surface area contributed by atoms with Crippen LogP contribution in [0, 0.1) is 0 Å². The van der Waals surface area contributed by atoms with Gasteiger partial charge in [0.1, 0.15) is 4.38 Å². The number of nitrogens with zero attached hydrogens (tertiary/aromatic N) is 3. The van der Waals surface area contributed by atoms with Gasteiger partial charge in [0.2, 0.25) is 0 Å². The third-order valence-corrected chi connectivity index (χ3v) is 8.49. The minimum absolute atomic E-state index is 1.02. The summed E-state index contributed by atoms with van der Waals surface area (Å²) in [4.78, 5) is 8.26. The van der Waals surface area contributed by atoms with Gasteiger partial charge in [0.15, 0.2) is 0 Å². The molecule has 3 rings (SSSR count). The maximum absolute atomic E-state index is 4.66. The molecular weight excluding hydrogens is 386 g/mol. The summed E-state index contributed by atoms with van der Waals surface area (Å²) >= 11 is 7.47. The topological polar surface area (TPSA) is 28.5 Å². The molecule has 0 bridgehead atoms. The van der Waals surface area contributed by atoms with Crippen LogP contribution in [0.15, 0.2) is 21.3 Å². The average molecular weight is 414 g/mol. The van der Waals surface area contributed by atoms with Crippen molar-refractivity contribution in [1.29, 1.82) is 0 Å². The highest BCUT2D eigenvalue weighted by atomic mass is 32.2. The molecule has 138 valence electrons. The van der Waals surface area contributed by atoms with E-state index in [1.807, 2.05) is 35.3 Å². The lowest BCUT2D eigenvalue weighted by Gasteiger charge is -2.22. The molecule has 0 spiro atoms. The van der Waals surface area contributed by atoms with Crippen molar-refractivity contribution in [3.05, 3.63) is 17.2 Å². The predicted octanol–water partition coefficient (Wildman–Crippen LogP) is 5.35. The van der Waals surface area contributed by atoms with E-state index in [0.29, 0.717) is 0 Å². The number of rotatable bonds is 9. The van der Waals surface area contributed by atoms with Gasteiger partial charge >= 0.3 is 0 Å². The highest BCUT2D eigenvalue weighted by Crippen LogP contribution is 2.31. The fourth-order valence-electron chi connectivity index (χ4n) is 2.91. The van der Waals surface area contributed by atoms with Gasteiger partial charge in [-0.05, 0) is 54.9 Å². The van der Waals surface area contributed by atoms with Crippen molar-refractivity contribution >= 4 is 56.8 Å². The molecule has 0 aromatic carbocycles. The van der Waals surface area contributed by atoms with Crippen LogP contribution in [0.3, 0.4) is 0 Å². The van der Waals surface area contributed by atoms with Gasteiger partial charge in [-0.25, -0.2) is 0 Å². The zero-order chi connectivity index (χ0) is 17.3. The number of unbranched alkanes of at least 4 members (excludes halogenated alkanes) is 3. The monoisotopic (exact) mass is 413 g/mol. The summed E-state index contributed by atoms with van der Waals surface area (Å²) in [7, 11) is 2.20. The number of aromatic nitrogens is 1. The third-order valence-electron chi connectivity index (χ3n) is 4.26. The second-order valence-electron chi connectivity index (χ2n) is 6.39. The van der Waals surface area contributed by atoms with Gasteiger partial charge < -0.3 is 4.90 Å². The highest BCUT2D eigenvalue weighted by Gasteiger charge is 2.16. The van der Waals surface area contributed by atoms with Crippen LogP contribution in [-0.4, -0.2) is 57.6 Å². The Labute approximate surface area is 168 Å². The quantitative estimate of drug-likeness (QED) is 0.402. The first-order valence-corrected chi connectivity index (χ1v) is 12.9. The first kappa shape index (κ1) is 19.8. The molecule has 0 aliphatic carbocycles. The van der Waals surface area contributed by atoms with E-state index >= 15 is 0 Å². The zero-order valence-electron chi connectivity index (χ0n) is 14.9. The van der Waals surface area contributed by atoms with Crippen molar-refractivity contribution in [2.45, 2.75) is 37.0 Å². The molecule has 1 aromatic heterocycles. The van der Waals surface area contributed by atoms with Crippen molar-refractivity contribution in [2.24, 2.45) is 4.99 Å². The van der Waals surface area contributed by atoms with Gasteiger partial charge in [0.25, 0.3) is 0 Å². The number of thioether (sulfide) groups is 3. The number of likely N-dealkylation sites (N-methyl/N-ethyl adjacent to an activating group) is 1. The zero-order valence-corrected chi connectivity index (χ0v) is 18.2. The fraction of sp³-hybridized carbons (Fsp3) is 0.667.